The molecule has 6 heteroatoms. The van der Waals surface area contributed by atoms with E-state index in [1.54, 1.807) is 18.4 Å². The van der Waals surface area contributed by atoms with Crippen LogP contribution in [0, 0.1) is 0 Å². The minimum atomic E-state index is 0.606. The van der Waals surface area contributed by atoms with Crippen molar-refractivity contribution in [2.75, 3.05) is 25.6 Å². The average Bonchev–Trinajstić information content (AvgIpc) is 2.81. The number of halogens is 2. The van der Waals surface area contributed by atoms with Gasteiger partial charge in [0.15, 0.2) is 0 Å². The molecule has 0 unspecified atom stereocenters. The van der Waals surface area contributed by atoms with Gasteiger partial charge in [0, 0.05) is 28.7 Å². The van der Waals surface area contributed by atoms with Crippen molar-refractivity contribution in [2.45, 2.75) is 13.2 Å². The molecule has 0 aliphatic rings. The fourth-order valence-electron chi connectivity index (χ4n) is 1.77. The first-order valence-corrected chi connectivity index (χ1v) is 8.92. The lowest BCUT2D eigenvalue weighted by molar-refractivity contribution is 0.0617. The summed E-state index contributed by atoms with van der Waals surface area (Å²) in [6, 6.07) is 10.4. The van der Waals surface area contributed by atoms with Crippen LogP contribution in [0.15, 0.2) is 38.6 Å². The van der Waals surface area contributed by atoms with Gasteiger partial charge in [-0.1, -0.05) is 12.1 Å². The van der Waals surface area contributed by atoms with Gasteiger partial charge in [0.25, 0.3) is 0 Å². The predicted octanol–water partition coefficient (Wildman–Crippen LogP) is 5.05. The lowest BCUT2D eigenvalue weighted by Gasteiger charge is -2.08. The molecule has 2 rings (SSSR count). The lowest BCUT2D eigenvalue weighted by atomic mass is 10.2. The topological polar surface area (TPSA) is 30.5 Å². The van der Waals surface area contributed by atoms with E-state index in [1.165, 1.54) is 4.88 Å². The Labute approximate surface area is 145 Å². The van der Waals surface area contributed by atoms with Crippen molar-refractivity contribution in [1.82, 2.24) is 0 Å². The fourth-order valence-corrected chi connectivity index (χ4v) is 3.89. The quantitative estimate of drug-likeness (QED) is 0.589. The average molecular weight is 435 g/mol. The number of ether oxygens (including phenoxy) is 2. The van der Waals surface area contributed by atoms with Crippen LogP contribution in [0.1, 0.15) is 10.4 Å². The van der Waals surface area contributed by atoms with Crippen molar-refractivity contribution in [2.24, 2.45) is 0 Å². The zero-order chi connectivity index (χ0) is 15.1. The van der Waals surface area contributed by atoms with E-state index in [0.29, 0.717) is 19.8 Å². The van der Waals surface area contributed by atoms with E-state index < -0.39 is 0 Å². The van der Waals surface area contributed by atoms with Crippen LogP contribution in [0.3, 0.4) is 0 Å². The molecule has 0 saturated heterocycles. The Morgan fingerprint density at radius 2 is 2.05 bits per heavy atom. The first-order chi connectivity index (χ1) is 10.2. The maximum atomic E-state index is 5.53. The van der Waals surface area contributed by atoms with Crippen LogP contribution in [0.4, 0.5) is 5.69 Å². The van der Waals surface area contributed by atoms with E-state index in [9.17, 15) is 0 Å². The predicted molar refractivity (Wildman–Crippen MR) is 95.0 cm³/mol. The third-order valence-electron chi connectivity index (χ3n) is 2.79. The van der Waals surface area contributed by atoms with Gasteiger partial charge in [-0.3, -0.25) is 0 Å². The first-order valence-electron chi connectivity index (χ1n) is 6.52. The number of rotatable bonds is 8. The summed E-state index contributed by atoms with van der Waals surface area (Å²) in [6.45, 7) is 2.66. The van der Waals surface area contributed by atoms with Gasteiger partial charge in [-0.2, -0.15) is 0 Å². The van der Waals surface area contributed by atoms with Crippen LogP contribution >= 0.6 is 43.2 Å². The number of benzene rings is 1. The summed E-state index contributed by atoms with van der Waals surface area (Å²) in [5.74, 6) is 0. The molecule has 3 nitrogen and oxygen atoms in total. The number of nitrogens with one attached hydrogen (secondary N) is 1. The van der Waals surface area contributed by atoms with E-state index in [1.807, 2.05) is 6.07 Å². The summed E-state index contributed by atoms with van der Waals surface area (Å²) < 4.78 is 12.7. The van der Waals surface area contributed by atoms with E-state index in [2.05, 4.69) is 61.4 Å². The molecule has 1 aromatic carbocycles. The fraction of sp³-hybridized carbons (Fsp3) is 0.333. The molecule has 0 fully saturated rings. The molecule has 1 heterocycles. The highest BCUT2D eigenvalue weighted by Gasteiger charge is 2.04. The highest BCUT2D eigenvalue weighted by atomic mass is 79.9. The van der Waals surface area contributed by atoms with Gasteiger partial charge in [0.2, 0.25) is 0 Å². The van der Waals surface area contributed by atoms with E-state index >= 15 is 0 Å². The second-order valence-electron chi connectivity index (χ2n) is 4.43. The first kappa shape index (κ1) is 17.0. The van der Waals surface area contributed by atoms with Gasteiger partial charge in [-0.05, 0) is 55.6 Å². The Kier molecular flexibility index (Phi) is 7.19. The van der Waals surface area contributed by atoms with E-state index in [0.717, 1.165) is 26.1 Å². The van der Waals surface area contributed by atoms with E-state index in [4.69, 9.17) is 9.47 Å². The standard InChI is InChI=1S/C15H17Br2NO2S/c1-19-5-6-20-10-11-3-2-4-12(7-11)18-9-13-8-14(16)15(17)21-13/h2-4,7-8,18H,5-6,9-10H2,1H3. The number of methoxy groups -OCH3 is 1. The number of anilines is 1. The summed E-state index contributed by atoms with van der Waals surface area (Å²) in [5.41, 5.74) is 2.26. The van der Waals surface area contributed by atoms with Crippen molar-refractivity contribution in [3.63, 3.8) is 0 Å². The maximum absolute atomic E-state index is 5.53. The molecule has 0 aliphatic carbocycles. The molecular formula is C15H17Br2NO2S. The Hall–Kier alpha value is -0.400. The SMILES string of the molecule is COCCOCc1cccc(NCc2cc(Br)c(Br)s2)c1. The van der Waals surface area contributed by atoms with Gasteiger partial charge < -0.3 is 14.8 Å². The van der Waals surface area contributed by atoms with Gasteiger partial charge in [0.05, 0.1) is 23.6 Å². The van der Waals surface area contributed by atoms with Crippen LogP contribution in [0.2, 0.25) is 0 Å². The van der Waals surface area contributed by atoms with Crippen LogP contribution < -0.4 is 5.32 Å². The summed E-state index contributed by atoms with van der Waals surface area (Å²) in [5, 5.41) is 3.43. The second-order valence-corrected chi connectivity index (χ2v) is 7.74. The summed E-state index contributed by atoms with van der Waals surface area (Å²) in [6.07, 6.45) is 0. The molecular weight excluding hydrogens is 418 g/mol. The molecule has 0 amide bonds. The number of thiophene rings is 1. The zero-order valence-electron chi connectivity index (χ0n) is 11.7. The molecule has 0 spiro atoms. The van der Waals surface area contributed by atoms with Gasteiger partial charge in [-0.25, -0.2) is 0 Å². The normalized spacial score (nSPS) is 10.8. The Morgan fingerprint density at radius 3 is 2.76 bits per heavy atom. The molecule has 21 heavy (non-hydrogen) atoms. The van der Waals surface area contributed by atoms with Crippen LogP contribution in [-0.2, 0) is 22.6 Å². The van der Waals surface area contributed by atoms with Gasteiger partial charge in [-0.15, -0.1) is 11.3 Å². The summed E-state index contributed by atoms with van der Waals surface area (Å²) in [4.78, 5) is 1.27. The second kappa shape index (κ2) is 8.90. The molecule has 0 radical (unpaired) electrons. The van der Waals surface area contributed by atoms with Gasteiger partial charge >= 0.3 is 0 Å². The largest absolute Gasteiger partial charge is 0.382 e. The van der Waals surface area contributed by atoms with Crippen LogP contribution in [-0.4, -0.2) is 20.3 Å². The molecule has 1 N–H and O–H groups in total. The Balaban J connectivity index is 1.85. The van der Waals surface area contributed by atoms with Crippen molar-refractivity contribution >= 4 is 48.9 Å². The number of hydrogen-bond donors (Lipinski definition) is 1. The highest BCUT2D eigenvalue weighted by molar-refractivity contribution is 9.13. The maximum Gasteiger partial charge on any atom is 0.0843 e. The third-order valence-corrected chi connectivity index (χ3v) is 6.05. The van der Waals surface area contributed by atoms with E-state index in [-0.39, 0.29) is 0 Å². The van der Waals surface area contributed by atoms with Crippen molar-refractivity contribution in [3.05, 3.63) is 49.0 Å². The molecule has 1 aromatic heterocycles. The minimum absolute atomic E-state index is 0.606. The molecule has 0 aliphatic heterocycles. The van der Waals surface area contributed by atoms with Crippen molar-refractivity contribution < 1.29 is 9.47 Å². The summed E-state index contributed by atoms with van der Waals surface area (Å²) >= 11 is 8.74. The van der Waals surface area contributed by atoms with Crippen molar-refractivity contribution in [3.8, 4) is 0 Å². The van der Waals surface area contributed by atoms with Crippen molar-refractivity contribution in [1.29, 1.82) is 0 Å². The summed E-state index contributed by atoms with van der Waals surface area (Å²) in [7, 11) is 1.68. The minimum Gasteiger partial charge on any atom is -0.382 e. The monoisotopic (exact) mass is 433 g/mol. The smallest absolute Gasteiger partial charge is 0.0843 e. The number of hydrogen-bond acceptors (Lipinski definition) is 4. The highest BCUT2D eigenvalue weighted by Crippen LogP contribution is 2.32. The van der Waals surface area contributed by atoms with Crippen LogP contribution in [0.5, 0.6) is 0 Å². The lowest BCUT2D eigenvalue weighted by Crippen LogP contribution is -2.02. The van der Waals surface area contributed by atoms with Crippen LogP contribution in [0.25, 0.3) is 0 Å². The zero-order valence-corrected chi connectivity index (χ0v) is 15.7. The van der Waals surface area contributed by atoms with Gasteiger partial charge in [0.1, 0.15) is 0 Å². The molecule has 114 valence electrons. The molecule has 0 atom stereocenters. The molecule has 0 saturated carbocycles. The Bertz CT molecular complexity index is 555. The third kappa shape index (κ3) is 5.71. The Morgan fingerprint density at radius 1 is 1.19 bits per heavy atom. The molecule has 0 bridgehead atoms. The molecule has 2 aromatic rings.